The molecule has 0 saturated carbocycles. The fourth-order valence-electron chi connectivity index (χ4n) is 3.44. The number of halogens is 2. The van der Waals surface area contributed by atoms with Crippen molar-refractivity contribution < 1.29 is 28.1 Å². The Morgan fingerprint density at radius 2 is 1.79 bits per heavy atom. The molecule has 178 valence electrons. The van der Waals surface area contributed by atoms with Gasteiger partial charge in [-0.1, -0.05) is 12.1 Å². The highest BCUT2D eigenvalue weighted by molar-refractivity contribution is 5.43. The molecule has 3 rings (SSSR count). The summed E-state index contributed by atoms with van der Waals surface area (Å²) in [5.41, 5.74) is 1.94. The molecule has 1 atom stereocenters. The summed E-state index contributed by atoms with van der Waals surface area (Å²) in [5.74, 6) is -0.533. The van der Waals surface area contributed by atoms with Crippen molar-refractivity contribution in [1.82, 2.24) is 14.7 Å². The van der Waals surface area contributed by atoms with Crippen molar-refractivity contribution in [1.29, 1.82) is 0 Å². The van der Waals surface area contributed by atoms with Gasteiger partial charge in [-0.15, -0.1) is 0 Å². The number of para-hydroxylation sites is 1. The van der Waals surface area contributed by atoms with Crippen LogP contribution in [0, 0.1) is 18.6 Å². The highest BCUT2D eigenvalue weighted by Gasteiger charge is 2.23. The number of nitrogens with zero attached hydrogens (tertiary/aromatic N) is 3. The number of aromatic nitrogens is 2. The van der Waals surface area contributed by atoms with Crippen molar-refractivity contribution >= 4 is 0 Å². The van der Waals surface area contributed by atoms with Gasteiger partial charge in [-0.2, -0.15) is 5.10 Å². The summed E-state index contributed by atoms with van der Waals surface area (Å²) in [6, 6.07) is 11.9. The first-order chi connectivity index (χ1) is 15.9. The molecule has 0 aliphatic carbocycles. The standard InChI is InChI=1S/C24H29F2N3O4/c1-17-21(15-28(12-13-31-2)14-20(30)16-32-3)24(33-23-7-5-4-6-22(23)26)29(27-17)19-10-8-18(25)9-11-19/h4-11,20,30H,12-16H2,1-3H3/t20-/m0/s1. The van der Waals surface area contributed by atoms with E-state index in [4.69, 9.17) is 14.2 Å². The van der Waals surface area contributed by atoms with E-state index < -0.39 is 11.9 Å². The van der Waals surface area contributed by atoms with E-state index in [2.05, 4.69) is 5.10 Å². The fourth-order valence-corrected chi connectivity index (χ4v) is 3.44. The molecule has 0 radical (unpaired) electrons. The largest absolute Gasteiger partial charge is 0.435 e. The van der Waals surface area contributed by atoms with E-state index in [0.29, 0.717) is 49.1 Å². The topological polar surface area (TPSA) is 69.0 Å². The Labute approximate surface area is 192 Å². The van der Waals surface area contributed by atoms with Gasteiger partial charge < -0.3 is 19.3 Å². The Kier molecular flexibility index (Phi) is 8.90. The molecule has 0 fully saturated rings. The van der Waals surface area contributed by atoms with Crippen molar-refractivity contribution in [2.24, 2.45) is 0 Å². The Morgan fingerprint density at radius 1 is 1.06 bits per heavy atom. The SMILES string of the molecule is COCCN(Cc1c(C)nn(-c2ccc(F)cc2)c1Oc1ccccc1F)C[C@H](O)COC. The minimum atomic E-state index is -0.699. The Hall–Kier alpha value is -2.85. The molecule has 0 aliphatic heterocycles. The number of methoxy groups -OCH3 is 2. The predicted molar refractivity (Wildman–Crippen MR) is 120 cm³/mol. The molecule has 0 bridgehead atoms. The van der Waals surface area contributed by atoms with E-state index in [1.807, 2.05) is 11.8 Å². The molecule has 3 aromatic rings. The first-order valence-electron chi connectivity index (χ1n) is 10.6. The van der Waals surface area contributed by atoms with Crippen LogP contribution in [0.5, 0.6) is 11.6 Å². The quantitative estimate of drug-likeness (QED) is 0.444. The molecular weight excluding hydrogens is 432 g/mol. The van der Waals surface area contributed by atoms with E-state index in [1.54, 1.807) is 31.4 Å². The third kappa shape index (κ3) is 6.58. The first kappa shape index (κ1) is 24.8. The van der Waals surface area contributed by atoms with Crippen molar-refractivity contribution in [3.8, 4) is 17.3 Å². The monoisotopic (exact) mass is 461 g/mol. The molecule has 9 heteroatoms. The first-order valence-corrected chi connectivity index (χ1v) is 10.6. The zero-order valence-electron chi connectivity index (χ0n) is 19.0. The average molecular weight is 462 g/mol. The average Bonchev–Trinajstić information content (AvgIpc) is 3.09. The van der Waals surface area contributed by atoms with E-state index in [-0.39, 0.29) is 18.2 Å². The zero-order valence-corrected chi connectivity index (χ0v) is 19.0. The molecule has 0 spiro atoms. The van der Waals surface area contributed by atoms with Crippen LogP contribution in [0.15, 0.2) is 48.5 Å². The molecule has 0 amide bonds. The summed E-state index contributed by atoms with van der Waals surface area (Å²) < 4.78 is 45.7. The van der Waals surface area contributed by atoms with Gasteiger partial charge in [-0.3, -0.25) is 4.90 Å². The molecule has 7 nitrogen and oxygen atoms in total. The number of aryl methyl sites for hydroxylation is 1. The van der Waals surface area contributed by atoms with Gasteiger partial charge in [0.05, 0.1) is 36.3 Å². The van der Waals surface area contributed by atoms with E-state index >= 15 is 0 Å². The van der Waals surface area contributed by atoms with Crippen molar-refractivity contribution in [3.63, 3.8) is 0 Å². The van der Waals surface area contributed by atoms with E-state index in [0.717, 1.165) is 0 Å². The van der Waals surface area contributed by atoms with Crippen LogP contribution in [-0.4, -0.2) is 66.4 Å². The summed E-state index contributed by atoms with van der Waals surface area (Å²) in [7, 11) is 3.13. The predicted octanol–water partition coefficient (Wildman–Crippen LogP) is 3.71. The molecule has 2 aromatic carbocycles. The minimum absolute atomic E-state index is 0.0462. The third-order valence-corrected chi connectivity index (χ3v) is 5.07. The summed E-state index contributed by atoms with van der Waals surface area (Å²) in [6.45, 7) is 3.70. The number of aliphatic hydroxyl groups is 1. The Balaban J connectivity index is 2.01. The fraction of sp³-hybridized carbons (Fsp3) is 0.375. The van der Waals surface area contributed by atoms with Gasteiger partial charge in [0.15, 0.2) is 11.6 Å². The van der Waals surface area contributed by atoms with Crippen molar-refractivity contribution in [3.05, 3.63) is 71.4 Å². The number of aliphatic hydroxyl groups excluding tert-OH is 1. The molecule has 1 N–H and O–H groups in total. The van der Waals surface area contributed by atoms with Crippen LogP contribution in [0.25, 0.3) is 5.69 Å². The second-order valence-corrected chi connectivity index (χ2v) is 7.63. The number of ether oxygens (including phenoxy) is 3. The van der Waals surface area contributed by atoms with Crippen LogP contribution in [0.3, 0.4) is 0 Å². The van der Waals surface area contributed by atoms with Crippen LogP contribution in [0.2, 0.25) is 0 Å². The summed E-state index contributed by atoms with van der Waals surface area (Å²) >= 11 is 0. The normalized spacial score (nSPS) is 12.3. The zero-order chi connectivity index (χ0) is 23.8. The second kappa shape index (κ2) is 11.9. The van der Waals surface area contributed by atoms with Crippen LogP contribution in [0.4, 0.5) is 8.78 Å². The lowest BCUT2D eigenvalue weighted by atomic mass is 10.2. The smallest absolute Gasteiger partial charge is 0.227 e. The highest BCUT2D eigenvalue weighted by atomic mass is 19.1. The lowest BCUT2D eigenvalue weighted by Gasteiger charge is -2.25. The Bertz CT molecular complexity index is 1030. The summed E-state index contributed by atoms with van der Waals surface area (Å²) in [4.78, 5) is 1.99. The van der Waals surface area contributed by atoms with Crippen molar-refractivity contribution in [2.75, 3.05) is 40.5 Å². The maximum absolute atomic E-state index is 14.4. The molecule has 1 heterocycles. The number of hydrogen-bond acceptors (Lipinski definition) is 6. The maximum Gasteiger partial charge on any atom is 0.227 e. The van der Waals surface area contributed by atoms with E-state index in [9.17, 15) is 13.9 Å². The van der Waals surface area contributed by atoms with Gasteiger partial charge >= 0.3 is 0 Å². The van der Waals surface area contributed by atoms with Gasteiger partial charge in [-0.05, 0) is 43.3 Å². The molecule has 1 aromatic heterocycles. The van der Waals surface area contributed by atoms with Gasteiger partial charge in [0.2, 0.25) is 5.88 Å². The summed E-state index contributed by atoms with van der Waals surface area (Å²) in [5, 5.41) is 14.9. The molecule has 0 unspecified atom stereocenters. The van der Waals surface area contributed by atoms with Gasteiger partial charge in [0.1, 0.15) is 5.82 Å². The van der Waals surface area contributed by atoms with Crippen LogP contribution in [-0.2, 0) is 16.0 Å². The van der Waals surface area contributed by atoms with Gasteiger partial charge in [-0.25, -0.2) is 13.5 Å². The highest BCUT2D eigenvalue weighted by Crippen LogP contribution is 2.32. The van der Waals surface area contributed by atoms with Gasteiger partial charge in [0, 0.05) is 33.9 Å². The van der Waals surface area contributed by atoms with Crippen LogP contribution in [0.1, 0.15) is 11.3 Å². The number of hydrogen-bond donors (Lipinski definition) is 1. The lowest BCUT2D eigenvalue weighted by Crippen LogP contribution is -2.36. The number of benzene rings is 2. The lowest BCUT2D eigenvalue weighted by molar-refractivity contribution is 0.0291. The number of rotatable bonds is 12. The van der Waals surface area contributed by atoms with Crippen LogP contribution >= 0.6 is 0 Å². The van der Waals surface area contributed by atoms with E-state index in [1.165, 1.54) is 36.1 Å². The second-order valence-electron chi connectivity index (χ2n) is 7.63. The molecule has 0 saturated heterocycles. The van der Waals surface area contributed by atoms with Gasteiger partial charge in [0.25, 0.3) is 0 Å². The third-order valence-electron chi connectivity index (χ3n) is 5.07. The van der Waals surface area contributed by atoms with Crippen molar-refractivity contribution in [2.45, 2.75) is 19.6 Å². The van der Waals surface area contributed by atoms with Crippen LogP contribution < -0.4 is 4.74 Å². The minimum Gasteiger partial charge on any atom is -0.435 e. The Morgan fingerprint density at radius 3 is 2.45 bits per heavy atom. The molecule has 0 aliphatic rings. The molecule has 33 heavy (non-hydrogen) atoms. The molecular formula is C24H29F2N3O4. The summed E-state index contributed by atoms with van der Waals surface area (Å²) in [6.07, 6.45) is -0.699. The maximum atomic E-state index is 14.4.